The van der Waals surface area contributed by atoms with Crippen molar-refractivity contribution < 1.29 is 18.9 Å². The molecule has 0 amide bonds. The van der Waals surface area contributed by atoms with E-state index in [0.717, 1.165) is 37.6 Å². The summed E-state index contributed by atoms with van der Waals surface area (Å²) in [5, 5.41) is 0. The van der Waals surface area contributed by atoms with Crippen LogP contribution in [0.3, 0.4) is 0 Å². The second-order valence-electron chi connectivity index (χ2n) is 4.26. The fourth-order valence-corrected chi connectivity index (χ4v) is 1.75. The van der Waals surface area contributed by atoms with Crippen LogP contribution in [0, 0.1) is 0 Å². The third kappa shape index (κ3) is 2.97. The van der Waals surface area contributed by atoms with Crippen molar-refractivity contribution in [3.8, 4) is 5.75 Å². The molecule has 2 aliphatic heterocycles. The first-order valence-electron chi connectivity index (χ1n) is 5.99. The second-order valence-corrected chi connectivity index (χ2v) is 4.26. The number of rotatable bonds is 4. The van der Waals surface area contributed by atoms with Crippen LogP contribution in [0.2, 0.25) is 0 Å². The molecule has 0 aliphatic carbocycles. The first kappa shape index (κ1) is 11.0. The topological polar surface area (TPSA) is 40.2 Å². The van der Waals surface area contributed by atoms with Gasteiger partial charge in [-0.05, 0) is 18.6 Å². The Morgan fingerprint density at radius 1 is 1.06 bits per heavy atom. The Hall–Kier alpha value is -1.10. The third-order valence-electron chi connectivity index (χ3n) is 2.82. The molecule has 2 saturated heterocycles. The fourth-order valence-electron chi connectivity index (χ4n) is 1.75. The van der Waals surface area contributed by atoms with Gasteiger partial charge in [0.05, 0.1) is 19.8 Å². The average Bonchev–Trinajstić information content (AvgIpc) is 3.22. The van der Waals surface area contributed by atoms with E-state index < -0.39 is 0 Å². The van der Waals surface area contributed by atoms with Crippen molar-refractivity contribution in [2.75, 3.05) is 26.4 Å². The highest BCUT2D eigenvalue weighted by atomic mass is 16.7. The number of ether oxygens (including phenoxy) is 4. The Balaban J connectivity index is 1.58. The van der Waals surface area contributed by atoms with E-state index in [1.54, 1.807) is 0 Å². The summed E-state index contributed by atoms with van der Waals surface area (Å²) < 4.78 is 21.7. The van der Waals surface area contributed by atoms with Gasteiger partial charge in [0, 0.05) is 5.56 Å². The molecule has 2 heterocycles. The van der Waals surface area contributed by atoms with Gasteiger partial charge in [-0.15, -0.1) is 0 Å². The zero-order valence-corrected chi connectivity index (χ0v) is 9.63. The first-order valence-corrected chi connectivity index (χ1v) is 5.99. The van der Waals surface area contributed by atoms with Crippen molar-refractivity contribution >= 4 is 0 Å². The van der Waals surface area contributed by atoms with Crippen LogP contribution >= 0.6 is 0 Å². The van der Waals surface area contributed by atoms with Gasteiger partial charge in [0.1, 0.15) is 18.5 Å². The normalized spacial score (nSPS) is 24.6. The lowest BCUT2D eigenvalue weighted by molar-refractivity contribution is -0.183. The molecule has 4 heteroatoms. The highest BCUT2D eigenvalue weighted by molar-refractivity contribution is 5.28. The zero-order chi connectivity index (χ0) is 11.5. The Morgan fingerprint density at radius 2 is 1.76 bits per heavy atom. The van der Waals surface area contributed by atoms with Crippen molar-refractivity contribution in [2.45, 2.75) is 18.8 Å². The molecule has 1 atom stereocenters. The molecule has 0 radical (unpaired) electrons. The Kier molecular flexibility index (Phi) is 3.27. The SMILES string of the molecule is c1cc(C2OCCCO2)ccc1OCC1CO1. The van der Waals surface area contributed by atoms with Gasteiger partial charge in [-0.3, -0.25) is 0 Å². The van der Waals surface area contributed by atoms with Gasteiger partial charge in [0.25, 0.3) is 0 Å². The van der Waals surface area contributed by atoms with E-state index in [4.69, 9.17) is 18.9 Å². The van der Waals surface area contributed by atoms with Crippen LogP contribution in [-0.4, -0.2) is 32.5 Å². The standard InChI is InChI=1S/C13H16O4/c1-6-14-13(15-7-1)10-2-4-11(5-3-10)16-8-12-9-17-12/h2-5,12-13H,1,6-9H2. The van der Waals surface area contributed by atoms with E-state index in [1.807, 2.05) is 24.3 Å². The summed E-state index contributed by atoms with van der Waals surface area (Å²) in [5.74, 6) is 0.861. The summed E-state index contributed by atoms with van der Waals surface area (Å²) in [7, 11) is 0. The summed E-state index contributed by atoms with van der Waals surface area (Å²) in [6, 6.07) is 7.86. The zero-order valence-electron chi connectivity index (χ0n) is 9.63. The van der Waals surface area contributed by atoms with E-state index in [1.165, 1.54) is 0 Å². The molecule has 0 saturated carbocycles. The largest absolute Gasteiger partial charge is 0.491 e. The first-order chi connectivity index (χ1) is 8.42. The smallest absolute Gasteiger partial charge is 0.183 e. The second kappa shape index (κ2) is 5.04. The minimum absolute atomic E-state index is 0.218. The molecule has 0 bridgehead atoms. The summed E-state index contributed by atoms with van der Waals surface area (Å²) >= 11 is 0. The van der Waals surface area contributed by atoms with Crippen LogP contribution in [0.1, 0.15) is 18.3 Å². The van der Waals surface area contributed by atoms with Crippen molar-refractivity contribution in [2.24, 2.45) is 0 Å². The van der Waals surface area contributed by atoms with Crippen molar-refractivity contribution in [3.05, 3.63) is 29.8 Å². The molecule has 2 fully saturated rings. The number of epoxide rings is 1. The predicted molar refractivity (Wildman–Crippen MR) is 60.9 cm³/mol. The van der Waals surface area contributed by atoms with Crippen LogP contribution in [0.15, 0.2) is 24.3 Å². The van der Waals surface area contributed by atoms with E-state index in [2.05, 4.69) is 0 Å². The van der Waals surface area contributed by atoms with Gasteiger partial charge in [-0.25, -0.2) is 0 Å². The molecule has 0 spiro atoms. The van der Waals surface area contributed by atoms with E-state index >= 15 is 0 Å². The fraction of sp³-hybridized carbons (Fsp3) is 0.538. The Morgan fingerprint density at radius 3 is 2.41 bits per heavy atom. The molecule has 3 rings (SSSR count). The maximum absolute atomic E-state index is 5.57. The molecule has 4 nitrogen and oxygen atoms in total. The van der Waals surface area contributed by atoms with Gasteiger partial charge >= 0.3 is 0 Å². The van der Waals surface area contributed by atoms with Gasteiger partial charge in [0.2, 0.25) is 0 Å². The molecule has 0 aromatic heterocycles. The van der Waals surface area contributed by atoms with E-state index in [-0.39, 0.29) is 6.29 Å². The van der Waals surface area contributed by atoms with Crippen molar-refractivity contribution in [1.29, 1.82) is 0 Å². The van der Waals surface area contributed by atoms with E-state index in [9.17, 15) is 0 Å². The van der Waals surface area contributed by atoms with Crippen molar-refractivity contribution in [3.63, 3.8) is 0 Å². The lowest BCUT2D eigenvalue weighted by atomic mass is 10.2. The summed E-state index contributed by atoms with van der Waals surface area (Å²) in [6.45, 7) is 2.99. The predicted octanol–water partition coefficient (Wildman–Crippen LogP) is 1.90. The highest BCUT2D eigenvalue weighted by Gasteiger charge is 2.23. The monoisotopic (exact) mass is 236 g/mol. The summed E-state index contributed by atoms with van der Waals surface area (Å²) in [4.78, 5) is 0. The Labute approximate surface area is 100 Å². The van der Waals surface area contributed by atoms with Gasteiger partial charge < -0.3 is 18.9 Å². The molecule has 2 aliphatic rings. The summed E-state index contributed by atoms with van der Waals surface area (Å²) in [5.41, 5.74) is 1.04. The third-order valence-corrected chi connectivity index (χ3v) is 2.82. The molecule has 1 aromatic rings. The minimum Gasteiger partial charge on any atom is -0.491 e. The molecule has 0 N–H and O–H groups in total. The quantitative estimate of drug-likeness (QED) is 0.749. The average molecular weight is 236 g/mol. The molecular formula is C13H16O4. The minimum atomic E-state index is -0.218. The summed E-state index contributed by atoms with van der Waals surface area (Å²) in [6.07, 6.45) is 1.04. The van der Waals surface area contributed by atoms with Crippen LogP contribution in [0.25, 0.3) is 0 Å². The van der Waals surface area contributed by atoms with Gasteiger partial charge in [-0.1, -0.05) is 12.1 Å². The molecule has 17 heavy (non-hydrogen) atoms. The lowest BCUT2D eigenvalue weighted by Gasteiger charge is -2.23. The molecular weight excluding hydrogens is 220 g/mol. The van der Waals surface area contributed by atoms with Crippen LogP contribution in [0.5, 0.6) is 5.75 Å². The van der Waals surface area contributed by atoms with E-state index in [0.29, 0.717) is 12.7 Å². The van der Waals surface area contributed by atoms with Gasteiger partial charge in [0.15, 0.2) is 6.29 Å². The maximum Gasteiger partial charge on any atom is 0.183 e. The molecule has 92 valence electrons. The lowest BCUT2D eigenvalue weighted by Crippen LogP contribution is -2.17. The Bertz CT molecular complexity index is 352. The molecule has 1 aromatic carbocycles. The van der Waals surface area contributed by atoms with Crippen LogP contribution < -0.4 is 4.74 Å². The van der Waals surface area contributed by atoms with Gasteiger partial charge in [-0.2, -0.15) is 0 Å². The maximum atomic E-state index is 5.57. The van der Waals surface area contributed by atoms with Crippen LogP contribution in [-0.2, 0) is 14.2 Å². The highest BCUT2D eigenvalue weighted by Crippen LogP contribution is 2.25. The number of benzene rings is 1. The number of hydrogen-bond acceptors (Lipinski definition) is 4. The van der Waals surface area contributed by atoms with Crippen molar-refractivity contribution in [1.82, 2.24) is 0 Å². The number of hydrogen-bond donors (Lipinski definition) is 0. The van der Waals surface area contributed by atoms with Crippen LogP contribution in [0.4, 0.5) is 0 Å². The molecule has 1 unspecified atom stereocenters.